The molecule has 0 bridgehead atoms. The normalized spacial score (nSPS) is 9.65. The zero-order valence-electron chi connectivity index (χ0n) is 11.1. The summed E-state index contributed by atoms with van der Waals surface area (Å²) in [5, 5.41) is 0. The van der Waals surface area contributed by atoms with Crippen molar-refractivity contribution >= 4 is 25.5 Å². The summed E-state index contributed by atoms with van der Waals surface area (Å²) in [5.74, 6) is 0.0489. The number of carbonyl (C=O) groups is 1. The Morgan fingerprint density at radius 3 is 2.47 bits per heavy atom. The first-order valence-electron chi connectivity index (χ1n) is 5.88. The lowest BCUT2D eigenvalue weighted by Crippen LogP contribution is -2.25. The predicted octanol–water partition coefficient (Wildman–Crippen LogP) is 3.22. The van der Waals surface area contributed by atoms with Crippen LogP contribution in [0.1, 0.15) is 33.3 Å². The van der Waals surface area contributed by atoms with Gasteiger partial charge < -0.3 is 4.81 Å². The molecule has 0 atom stereocenters. The van der Waals surface area contributed by atoms with E-state index >= 15 is 0 Å². The smallest absolute Gasteiger partial charge is 0.227 e. The first kappa shape index (κ1) is 15.5. The van der Waals surface area contributed by atoms with Crippen LogP contribution in [0.4, 0.5) is 5.69 Å². The van der Waals surface area contributed by atoms with Gasteiger partial charge in [0.05, 0.1) is 6.54 Å². The molecule has 0 aliphatic heterocycles. The van der Waals surface area contributed by atoms with Crippen LogP contribution in [0.15, 0.2) is 30.3 Å². The molecule has 0 unspecified atom stereocenters. The molecule has 0 fully saturated rings. The van der Waals surface area contributed by atoms with E-state index in [0.29, 0.717) is 0 Å². The summed E-state index contributed by atoms with van der Waals surface area (Å²) >= 11 is 0. The van der Waals surface area contributed by atoms with Crippen LogP contribution in [0, 0.1) is 0 Å². The molecule has 0 saturated carbocycles. The highest BCUT2D eigenvalue weighted by molar-refractivity contribution is 6.20. The Morgan fingerprint density at radius 1 is 1.35 bits per heavy atom. The quantitative estimate of drug-likeness (QED) is 0.738. The molecule has 2 radical (unpaired) electrons. The van der Waals surface area contributed by atoms with Gasteiger partial charge in [0.2, 0.25) is 7.98 Å². The van der Waals surface area contributed by atoms with Crippen molar-refractivity contribution in [1.82, 2.24) is 0 Å². The molecule has 0 saturated heterocycles. The molecule has 1 aromatic carbocycles. The van der Waals surface area contributed by atoms with Crippen LogP contribution < -0.4 is 4.81 Å². The summed E-state index contributed by atoms with van der Waals surface area (Å²) in [7, 11) is 5.81. The second kappa shape index (κ2) is 8.62. The van der Waals surface area contributed by atoms with Crippen molar-refractivity contribution in [2.24, 2.45) is 0 Å². The summed E-state index contributed by atoms with van der Waals surface area (Å²) < 4.78 is 0. The second-order valence-electron chi connectivity index (χ2n) is 3.39. The molecular formula is C14H20BNO. The number of hydrogen-bond donors (Lipinski definition) is 0. The number of rotatable bonds is 4. The third-order valence-electron chi connectivity index (χ3n) is 1.99. The van der Waals surface area contributed by atoms with Crippen molar-refractivity contribution in [3.63, 3.8) is 0 Å². The maximum Gasteiger partial charge on any atom is 0.227 e. The van der Waals surface area contributed by atoms with Gasteiger partial charge in [-0.05, 0) is 25.5 Å². The van der Waals surface area contributed by atoms with Crippen LogP contribution in [-0.2, 0) is 4.79 Å². The third kappa shape index (κ3) is 5.39. The molecule has 0 N–H and O–H groups in total. The third-order valence-corrected chi connectivity index (χ3v) is 1.99. The Hall–Kier alpha value is -1.51. The maximum atomic E-state index is 11.0. The number of Topliss-reactive ketones (excluding diaryl/α,β-unsaturated/α-hetero) is 1. The van der Waals surface area contributed by atoms with E-state index in [-0.39, 0.29) is 12.3 Å². The predicted molar refractivity (Wildman–Crippen MR) is 76.3 cm³/mol. The molecule has 0 heterocycles. The van der Waals surface area contributed by atoms with Gasteiger partial charge in [-0.25, -0.2) is 0 Å². The second-order valence-corrected chi connectivity index (χ2v) is 3.39. The maximum absolute atomic E-state index is 11.0. The molecule has 3 heteroatoms. The van der Waals surface area contributed by atoms with E-state index in [0.717, 1.165) is 11.3 Å². The summed E-state index contributed by atoms with van der Waals surface area (Å²) in [5.41, 5.74) is 1.88. The molecule has 1 rings (SSSR count). The van der Waals surface area contributed by atoms with E-state index in [1.54, 1.807) is 0 Å². The van der Waals surface area contributed by atoms with Gasteiger partial charge in [-0.1, -0.05) is 44.2 Å². The van der Waals surface area contributed by atoms with Crippen molar-refractivity contribution < 1.29 is 4.79 Å². The van der Waals surface area contributed by atoms with E-state index in [1.807, 2.05) is 57.2 Å². The number of allylic oxidation sites excluding steroid dienone is 1. The largest absolute Gasteiger partial charge is 0.418 e. The number of para-hydroxylation sites is 1. The lowest BCUT2D eigenvalue weighted by atomic mass is 10.1. The highest BCUT2D eigenvalue weighted by Gasteiger charge is 2.05. The van der Waals surface area contributed by atoms with E-state index < -0.39 is 0 Å². The standard InChI is InChI=1S/C12H14BNO.C2H6/c1-3-6-11-7-4-5-8-12(11)14(13)9-10(2)15;1-2/h3-8H,9H2,1-2H3;1-2H3/b6-3+;. The van der Waals surface area contributed by atoms with Gasteiger partial charge in [-0.3, -0.25) is 4.79 Å². The van der Waals surface area contributed by atoms with E-state index in [4.69, 9.17) is 7.98 Å². The molecule has 90 valence electrons. The molecule has 0 spiro atoms. The SMILES string of the molecule is CC.[B]N(CC(C)=O)c1ccccc1/C=C/C. The monoisotopic (exact) mass is 229 g/mol. The van der Waals surface area contributed by atoms with Crippen LogP contribution >= 0.6 is 0 Å². The summed E-state index contributed by atoms with van der Waals surface area (Å²) in [6.07, 6.45) is 3.91. The number of nitrogens with zero attached hydrogens (tertiary/aromatic N) is 1. The average molecular weight is 229 g/mol. The molecule has 2 nitrogen and oxygen atoms in total. The minimum Gasteiger partial charge on any atom is -0.418 e. The zero-order chi connectivity index (χ0) is 13.3. The number of ketones is 1. The van der Waals surface area contributed by atoms with E-state index in [1.165, 1.54) is 11.7 Å². The fraction of sp³-hybridized carbons (Fsp3) is 0.357. The molecule has 0 aliphatic rings. The number of anilines is 1. The van der Waals surface area contributed by atoms with E-state index in [2.05, 4.69) is 0 Å². The van der Waals surface area contributed by atoms with E-state index in [9.17, 15) is 4.79 Å². The molecule has 0 aromatic heterocycles. The summed E-state index contributed by atoms with van der Waals surface area (Å²) in [4.78, 5) is 12.4. The fourth-order valence-electron chi connectivity index (χ4n) is 1.39. The fourth-order valence-corrected chi connectivity index (χ4v) is 1.39. The molecule has 0 amide bonds. The van der Waals surface area contributed by atoms with Crippen molar-refractivity contribution in [3.05, 3.63) is 35.9 Å². The minimum atomic E-state index is 0.0489. The Kier molecular flexibility index (Phi) is 7.86. The van der Waals surface area contributed by atoms with Gasteiger partial charge in [0.15, 0.2) is 0 Å². The topological polar surface area (TPSA) is 20.3 Å². The van der Waals surface area contributed by atoms with Crippen LogP contribution in [0.25, 0.3) is 6.08 Å². The van der Waals surface area contributed by atoms with Crippen molar-refractivity contribution in [3.8, 4) is 0 Å². The number of hydrogen-bond acceptors (Lipinski definition) is 2. The molecule has 0 aliphatic carbocycles. The van der Waals surface area contributed by atoms with Crippen molar-refractivity contribution in [2.45, 2.75) is 27.7 Å². The Labute approximate surface area is 106 Å². The Balaban J connectivity index is 0.00000121. The Morgan fingerprint density at radius 2 is 1.94 bits per heavy atom. The van der Waals surface area contributed by atoms with Crippen LogP contribution in [0.3, 0.4) is 0 Å². The summed E-state index contributed by atoms with van der Waals surface area (Å²) in [6, 6.07) is 7.72. The highest BCUT2D eigenvalue weighted by Crippen LogP contribution is 2.19. The highest BCUT2D eigenvalue weighted by atomic mass is 16.1. The van der Waals surface area contributed by atoms with Gasteiger partial charge in [-0.15, -0.1) is 0 Å². The first-order valence-corrected chi connectivity index (χ1v) is 5.88. The summed E-state index contributed by atoms with van der Waals surface area (Å²) in [6.45, 7) is 7.70. The Bertz CT molecular complexity index is 374. The van der Waals surface area contributed by atoms with Crippen LogP contribution in [0.2, 0.25) is 0 Å². The first-order chi connectivity index (χ1) is 8.15. The molecular weight excluding hydrogens is 209 g/mol. The molecule has 17 heavy (non-hydrogen) atoms. The zero-order valence-corrected chi connectivity index (χ0v) is 11.1. The van der Waals surface area contributed by atoms with Gasteiger partial charge in [0.1, 0.15) is 5.78 Å². The lowest BCUT2D eigenvalue weighted by molar-refractivity contribution is -0.115. The van der Waals surface area contributed by atoms with Crippen LogP contribution in [0.5, 0.6) is 0 Å². The van der Waals surface area contributed by atoms with Crippen LogP contribution in [-0.4, -0.2) is 20.3 Å². The van der Waals surface area contributed by atoms with Crippen molar-refractivity contribution in [2.75, 3.05) is 11.4 Å². The van der Waals surface area contributed by atoms with Gasteiger partial charge in [-0.2, -0.15) is 0 Å². The lowest BCUT2D eigenvalue weighted by Gasteiger charge is -2.20. The van der Waals surface area contributed by atoms with Gasteiger partial charge >= 0.3 is 0 Å². The number of carbonyl (C=O) groups excluding carboxylic acids is 1. The minimum absolute atomic E-state index is 0.0489. The number of benzene rings is 1. The van der Waals surface area contributed by atoms with Crippen molar-refractivity contribution in [1.29, 1.82) is 0 Å². The average Bonchev–Trinajstić information content (AvgIpc) is 2.32. The van der Waals surface area contributed by atoms with Gasteiger partial charge in [0, 0.05) is 5.69 Å². The molecule has 1 aromatic rings. The van der Waals surface area contributed by atoms with Gasteiger partial charge in [0.25, 0.3) is 0 Å².